The quantitative estimate of drug-likeness (QED) is 0.649. The molecule has 3 rings (SSSR count). The van der Waals surface area contributed by atoms with Crippen molar-refractivity contribution < 1.29 is 13.2 Å². The summed E-state index contributed by atoms with van der Waals surface area (Å²) in [5.41, 5.74) is 2.45. The van der Waals surface area contributed by atoms with Gasteiger partial charge in [0, 0.05) is 29.3 Å². The predicted molar refractivity (Wildman–Crippen MR) is 117 cm³/mol. The third kappa shape index (κ3) is 5.29. The van der Waals surface area contributed by atoms with Gasteiger partial charge in [-0.3, -0.25) is 9.10 Å². The maximum atomic E-state index is 12.5. The molecule has 1 N–H and O–H groups in total. The van der Waals surface area contributed by atoms with E-state index in [-0.39, 0.29) is 11.7 Å². The standard InChI is InChI=1S/C21H26N2O3S2/c1-2-15-28(25,26)23-13-6-7-17-16-18(10-11-20(17)23)22-21(24)12-14-27-19-8-4-3-5-9-19/h3-5,8-11,16H,2,6-7,12-15H2,1H3,(H,22,24). The molecule has 1 heterocycles. The topological polar surface area (TPSA) is 66.5 Å². The van der Waals surface area contributed by atoms with Crippen molar-refractivity contribution in [1.82, 2.24) is 0 Å². The number of fused-ring (bicyclic) bond motifs is 1. The van der Waals surface area contributed by atoms with Crippen molar-refractivity contribution in [3.8, 4) is 0 Å². The van der Waals surface area contributed by atoms with Crippen LogP contribution in [0.25, 0.3) is 0 Å². The highest BCUT2D eigenvalue weighted by Crippen LogP contribution is 2.32. The van der Waals surface area contributed by atoms with Crippen LogP contribution in [0.1, 0.15) is 31.7 Å². The van der Waals surface area contributed by atoms with Gasteiger partial charge in [-0.05, 0) is 55.2 Å². The molecule has 1 amide bonds. The molecule has 1 aliphatic heterocycles. The van der Waals surface area contributed by atoms with Crippen molar-refractivity contribution in [3.63, 3.8) is 0 Å². The first-order chi connectivity index (χ1) is 13.5. The van der Waals surface area contributed by atoms with E-state index in [0.29, 0.717) is 25.1 Å². The Kier molecular flexibility index (Phi) is 7.02. The lowest BCUT2D eigenvalue weighted by atomic mass is 10.0. The molecule has 2 aromatic rings. The average Bonchev–Trinajstić information content (AvgIpc) is 2.68. The largest absolute Gasteiger partial charge is 0.326 e. The molecule has 0 fully saturated rings. The number of aryl methyl sites for hydroxylation is 1. The maximum Gasteiger partial charge on any atom is 0.235 e. The van der Waals surface area contributed by atoms with Crippen LogP contribution in [0.2, 0.25) is 0 Å². The number of carbonyl (C=O) groups excluding carboxylic acids is 1. The molecule has 0 saturated heterocycles. The van der Waals surface area contributed by atoms with Crippen LogP contribution in [-0.2, 0) is 21.2 Å². The zero-order valence-corrected chi connectivity index (χ0v) is 17.7. The van der Waals surface area contributed by atoms with Crippen molar-refractivity contribution in [2.45, 2.75) is 37.5 Å². The van der Waals surface area contributed by atoms with Gasteiger partial charge in [0.15, 0.2) is 0 Å². The molecule has 0 saturated carbocycles. The number of benzene rings is 2. The number of sulfonamides is 1. The van der Waals surface area contributed by atoms with Gasteiger partial charge in [0.25, 0.3) is 0 Å². The molecule has 0 unspecified atom stereocenters. The number of hydrogen-bond donors (Lipinski definition) is 1. The van der Waals surface area contributed by atoms with E-state index in [9.17, 15) is 13.2 Å². The molecule has 2 aromatic carbocycles. The second-order valence-corrected chi connectivity index (χ2v) is 9.98. The minimum Gasteiger partial charge on any atom is -0.326 e. The van der Waals surface area contributed by atoms with Gasteiger partial charge >= 0.3 is 0 Å². The van der Waals surface area contributed by atoms with Gasteiger partial charge in [0.1, 0.15) is 0 Å². The summed E-state index contributed by atoms with van der Waals surface area (Å²) < 4.78 is 26.5. The minimum absolute atomic E-state index is 0.0327. The molecular formula is C21H26N2O3S2. The monoisotopic (exact) mass is 418 g/mol. The average molecular weight is 419 g/mol. The van der Waals surface area contributed by atoms with Crippen LogP contribution < -0.4 is 9.62 Å². The van der Waals surface area contributed by atoms with Crippen molar-refractivity contribution in [2.24, 2.45) is 0 Å². The van der Waals surface area contributed by atoms with E-state index in [0.717, 1.165) is 34.7 Å². The first-order valence-corrected chi connectivity index (χ1v) is 12.2. The smallest absolute Gasteiger partial charge is 0.235 e. The van der Waals surface area contributed by atoms with E-state index < -0.39 is 10.0 Å². The fourth-order valence-electron chi connectivity index (χ4n) is 3.30. The minimum atomic E-state index is -3.28. The molecule has 0 spiro atoms. The van der Waals surface area contributed by atoms with E-state index in [1.807, 2.05) is 49.4 Å². The van der Waals surface area contributed by atoms with E-state index in [2.05, 4.69) is 5.32 Å². The van der Waals surface area contributed by atoms with Crippen LogP contribution in [0.4, 0.5) is 11.4 Å². The Bertz CT molecular complexity index is 915. The third-order valence-corrected chi connectivity index (χ3v) is 7.57. The Hall–Kier alpha value is -1.99. The number of anilines is 2. The van der Waals surface area contributed by atoms with Gasteiger partial charge in [-0.1, -0.05) is 25.1 Å². The zero-order valence-electron chi connectivity index (χ0n) is 16.1. The number of amides is 1. The van der Waals surface area contributed by atoms with E-state index in [1.54, 1.807) is 17.8 Å². The zero-order chi connectivity index (χ0) is 20.0. The van der Waals surface area contributed by atoms with Crippen LogP contribution in [-0.4, -0.2) is 32.4 Å². The summed E-state index contributed by atoms with van der Waals surface area (Å²) in [6, 6.07) is 15.5. The lowest BCUT2D eigenvalue weighted by Gasteiger charge is -2.30. The molecule has 0 bridgehead atoms. The van der Waals surface area contributed by atoms with E-state index >= 15 is 0 Å². The van der Waals surface area contributed by atoms with Gasteiger partial charge in [-0.25, -0.2) is 8.42 Å². The normalized spacial score (nSPS) is 13.8. The second kappa shape index (κ2) is 9.47. The summed E-state index contributed by atoms with van der Waals surface area (Å²) in [5.74, 6) is 0.836. The first-order valence-electron chi connectivity index (χ1n) is 9.60. The number of carbonyl (C=O) groups is 1. The molecule has 0 aliphatic carbocycles. The summed E-state index contributed by atoms with van der Waals surface area (Å²) >= 11 is 1.66. The SMILES string of the molecule is CCCS(=O)(=O)N1CCCc2cc(NC(=O)CCSc3ccccc3)ccc21. The number of thioether (sulfide) groups is 1. The molecule has 7 heteroatoms. The highest BCUT2D eigenvalue weighted by atomic mass is 32.2. The number of nitrogens with one attached hydrogen (secondary N) is 1. The van der Waals surface area contributed by atoms with Crippen molar-refractivity contribution in [3.05, 3.63) is 54.1 Å². The molecule has 5 nitrogen and oxygen atoms in total. The van der Waals surface area contributed by atoms with Gasteiger partial charge in [-0.15, -0.1) is 11.8 Å². The lowest BCUT2D eigenvalue weighted by Crippen LogP contribution is -2.37. The Morgan fingerprint density at radius 1 is 1.18 bits per heavy atom. The summed E-state index contributed by atoms with van der Waals surface area (Å²) in [6.45, 7) is 2.40. The predicted octanol–water partition coefficient (Wildman–Crippen LogP) is 4.30. The Morgan fingerprint density at radius 2 is 1.96 bits per heavy atom. The third-order valence-electron chi connectivity index (χ3n) is 4.58. The Morgan fingerprint density at radius 3 is 2.71 bits per heavy atom. The maximum absolute atomic E-state index is 12.5. The van der Waals surface area contributed by atoms with Crippen LogP contribution in [0, 0.1) is 0 Å². The van der Waals surface area contributed by atoms with E-state index in [1.165, 1.54) is 4.31 Å². The molecule has 28 heavy (non-hydrogen) atoms. The molecule has 1 aliphatic rings. The Labute approximate surface area is 171 Å². The van der Waals surface area contributed by atoms with Crippen molar-refractivity contribution in [2.75, 3.05) is 27.7 Å². The van der Waals surface area contributed by atoms with Gasteiger partial charge in [-0.2, -0.15) is 0 Å². The van der Waals surface area contributed by atoms with Crippen molar-refractivity contribution >= 4 is 39.1 Å². The fourth-order valence-corrected chi connectivity index (χ4v) is 5.79. The molecular weight excluding hydrogens is 392 g/mol. The van der Waals surface area contributed by atoms with Crippen LogP contribution >= 0.6 is 11.8 Å². The van der Waals surface area contributed by atoms with Gasteiger partial charge in [0.2, 0.25) is 15.9 Å². The van der Waals surface area contributed by atoms with Gasteiger partial charge in [0.05, 0.1) is 11.4 Å². The number of rotatable bonds is 8. The number of nitrogens with zero attached hydrogens (tertiary/aromatic N) is 1. The summed E-state index contributed by atoms with van der Waals surface area (Å²) in [5, 5.41) is 2.94. The Balaban J connectivity index is 1.61. The van der Waals surface area contributed by atoms with E-state index in [4.69, 9.17) is 0 Å². The molecule has 0 radical (unpaired) electrons. The van der Waals surface area contributed by atoms with Crippen LogP contribution in [0.5, 0.6) is 0 Å². The highest BCUT2D eigenvalue weighted by Gasteiger charge is 2.26. The highest BCUT2D eigenvalue weighted by molar-refractivity contribution is 7.99. The summed E-state index contributed by atoms with van der Waals surface area (Å²) in [4.78, 5) is 13.4. The lowest BCUT2D eigenvalue weighted by molar-refractivity contribution is -0.115. The van der Waals surface area contributed by atoms with Crippen molar-refractivity contribution in [1.29, 1.82) is 0 Å². The second-order valence-electron chi connectivity index (χ2n) is 6.79. The molecule has 0 atom stereocenters. The summed E-state index contributed by atoms with van der Waals surface area (Å²) in [7, 11) is -3.28. The number of hydrogen-bond acceptors (Lipinski definition) is 4. The van der Waals surface area contributed by atoms with Crippen LogP contribution in [0.15, 0.2) is 53.4 Å². The molecule has 0 aromatic heterocycles. The first kappa shape index (κ1) is 20.7. The fraction of sp³-hybridized carbons (Fsp3) is 0.381. The summed E-state index contributed by atoms with van der Waals surface area (Å²) in [6.07, 6.45) is 2.64. The van der Waals surface area contributed by atoms with Crippen LogP contribution in [0.3, 0.4) is 0 Å². The van der Waals surface area contributed by atoms with Gasteiger partial charge < -0.3 is 5.32 Å². The molecule has 150 valence electrons.